The van der Waals surface area contributed by atoms with Gasteiger partial charge in [-0.15, -0.1) is 11.3 Å². The van der Waals surface area contributed by atoms with E-state index in [1.54, 1.807) is 7.11 Å². The zero-order chi connectivity index (χ0) is 15.4. The topological polar surface area (TPSA) is 26.5 Å². The summed E-state index contributed by atoms with van der Waals surface area (Å²) in [5, 5.41) is 2.66. The monoisotopic (exact) mass is 298 g/mol. The van der Waals surface area contributed by atoms with Crippen LogP contribution in [-0.4, -0.2) is 12.1 Å². The summed E-state index contributed by atoms with van der Waals surface area (Å²) in [6.45, 7) is 13.6. The fourth-order valence-corrected chi connectivity index (χ4v) is 3.11. The summed E-state index contributed by atoms with van der Waals surface area (Å²) in [6, 6.07) is 6.16. The summed E-state index contributed by atoms with van der Waals surface area (Å²) in [4.78, 5) is 8.12. The Bertz CT molecular complexity index is 723. The molecule has 0 saturated heterocycles. The summed E-state index contributed by atoms with van der Waals surface area (Å²) in [5.41, 5.74) is 4.72. The van der Waals surface area contributed by atoms with E-state index >= 15 is 0 Å². The number of rotatable bonds is 4. The molecule has 0 aliphatic carbocycles. The van der Waals surface area contributed by atoms with Gasteiger partial charge in [-0.05, 0) is 31.4 Å². The molecule has 1 aromatic carbocycles. The van der Waals surface area contributed by atoms with Gasteiger partial charge in [-0.1, -0.05) is 25.1 Å². The molecule has 21 heavy (non-hydrogen) atoms. The molecular weight excluding hydrogens is 280 g/mol. The van der Waals surface area contributed by atoms with E-state index in [2.05, 4.69) is 22.8 Å². The van der Waals surface area contributed by atoms with Crippen LogP contribution in [0.25, 0.3) is 16.3 Å². The first-order chi connectivity index (χ1) is 10.1. The van der Waals surface area contributed by atoms with Crippen LogP contribution < -0.4 is 0 Å². The Morgan fingerprint density at radius 2 is 2.14 bits per heavy atom. The highest BCUT2D eigenvalue weighted by atomic mass is 32.1. The molecular formula is C17H18N2OS. The van der Waals surface area contributed by atoms with Gasteiger partial charge in [-0.2, -0.15) is 0 Å². The molecule has 0 radical (unpaired) electrons. The summed E-state index contributed by atoms with van der Waals surface area (Å²) in [5.74, 6) is 0.620. The van der Waals surface area contributed by atoms with Gasteiger partial charge < -0.3 is 4.74 Å². The molecule has 0 aliphatic rings. The van der Waals surface area contributed by atoms with Crippen molar-refractivity contribution in [1.82, 2.24) is 4.98 Å². The van der Waals surface area contributed by atoms with Crippen molar-refractivity contribution in [2.75, 3.05) is 7.11 Å². The maximum absolute atomic E-state index is 7.54. The van der Waals surface area contributed by atoms with Crippen LogP contribution in [0.2, 0.25) is 0 Å². The van der Waals surface area contributed by atoms with Crippen LogP contribution >= 0.6 is 11.3 Å². The number of methoxy groups -OCH3 is 1. The van der Waals surface area contributed by atoms with E-state index < -0.39 is 0 Å². The molecule has 0 bridgehead atoms. The summed E-state index contributed by atoms with van der Waals surface area (Å²) < 4.78 is 5.61. The Labute approximate surface area is 129 Å². The zero-order valence-electron chi connectivity index (χ0n) is 12.7. The van der Waals surface area contributed by atoms with E-state index in [0.29, 0.717) is 16.5 Å². The Kier molecular flexibility index (Phi) is 4.77. The molecule has 108 valence electrons. The Morgan fingerprint density at radius 3 is 2.67 bits per heavy atom. The highest BCUT2D eigenvalue weighted by molar-refractivity contribution is 7.10. The molecule has 0 unspecified atom stereocenters. The molecule has 4 heteroatoms. The standard InChI is InChI=1S/C17H18N2OS/c1-6-13-9-7-8-11(2)14(13)16(20-5)15(18-4)17-19-12(3)10-21-17/h7-10H,6H2,1-3,5H3/b16-15+. The first kappa shape index (κ1) is 15.3. The average Bonchev–Trinajstić information content (AvgIpc) is 2.91. The summed E-state index contributed by atoms with van der Waals surface area (Å²) in [6.07, 6.45) is 0.895. The number of aryl methyl sites for hydroxylation is 3. The van der Waals surface area contributed by atoms with Crippen LogP contribution in [0.3, 0.4) is 0 Å². The van der Waals surface area contributed by atoms with Crippen LogP contribution in [-0.2, 0) is 11.2 Å². The molecule has 0 aliphatic heterocycles. The Hall–Kier alpha value is -2.12. The van der Waals surface area contributed by atoms with Crippen molar-refractivity contribution in [2.45, 2.75) is 27.2 Å². The second-order valence-electron chi connectivity index (χ2n) is 4.75. The van der Waals surface area contributed by atoms with E-state index in [9.17, 15) is 0 Å². The van der Waals surface area contributed by atoms with Crippen LogP contribution in [0.4, 0.5) is 0 Å². The van der Waals surface area contributed by atoms with E-state index in [0.717, 1.165) is 23.2 Å². The van der Waals surface area contributed by atoms with Crippen LogP contribution in [0.1, 0.15) is 34.3 Å². The highest BCUT2D eigenvalue weighted by Crippen LogP contribution is 2.33. The summed E-state index contributed by atoms with van der Waals surface area (Å²) in [7, 11) is 1.62. The SMILES string of the molecule is [C-]#[N+]/C(=C(/OC)c1c(C)cccc1CC)c1nc(C)cs1. The molecule has 1 aromatic heterocycles. The van der Waals surface area contributed by atoms with Gasteiger partial charge in [0.1, 0.15) is 10.8 Å². The molecule has 0 fully saturated rings. The van der Waals surface area contributed by atoms with E-state index in [1.165, 1.54) is 16.9 Å². The Balaban J connectivity index is 2.73. The minimum absolute atomic E-state index is 0.486. The van der Waals surface area contributed by atoms with Crippen molar-refractivity contribution in [3.63, 3.8) is 0 Å². The lowest BCUT2D eigenvalue weighted by Gasteiger charge is -2.15. The van der Waals surface area contributed by atoms with Crippen LogP contribution in [0.15, 0.2) is 23.6 Å². The Morgan fingerprint density at radius 1 is 1.38 bits per heavy atom. The van der Waals surface area contributed by atoms with Crippen molar-refractivity contribution >= 4 is 22.8 Å². The molecule has 0 saturated carbocycles. The smallest absolute Gasteiger partial charge is 0.263 e. The number of thiazole rings is 1. The predicted octanol–water partition coefficient (Wildman–Crippen LogP) is 4.71. The third kappa shape index (κ3) is 2.98. The van der Waals surface area contributed by atoms with Crippen LogP contribution in [0, 0.1) is 20.4 Å². The van der Waals surface area contributed by atoms with Crippen LogP contribution in [0.5, 0.6) is 0 Å². The molecule has 1 heterocycles. The van der Waals surface area contributed by atoms with Crippen molar-refractivity contribution < 1.29 is 4.74 Å². The van der Waals surface area contributed by atoms with Crippen molar-refractivity contribution in [2.24, 2.45) is 0 Å². The molecule has 0 N–H and O–H groups in total. The second kappa shape index (κ2) is 6.55. The lowest BCUT2D eigenvalue weighted by Crippen LogP contribution is -2.00. The molecule has 2 aromatic rings. The quantitative estimate of drug-likeness (QED) is 0.603. The molecule has 2 rings (SSSR count). The first-order valence-electron chi connectivity index (χ1n) is 6.79. The third-order valence-corrected chi connectivity index (χ3v) is 4.29. The van der Waals surface area contributed by atoms with Gasteiger partial charge in [-0.25, -0.2) is 4.85 Å². The van der Waals surface area contributed by atoms with Gasteiger partial charge in [0, 0.05) is 16.6 Å². The van der Waals surface area contributed by atoms with Crippen molar-refractivity contribution in [3.8, 4) is 0 Å². The number of hydrogen-bond donors (Lipinski definition) is 0. The highest BCUT2D eigenvalue weighted by Gasteiger charge is 2.19. The lowest BCUT2D eigenvalue weighted by molar-refractivity contribution is 0.371. The van der Waals surface area contributed by atoms with Gasteiger partial charge in [-0.3, -0.25) is 4.98 Å². The fourth-order valence-electron chi connectivity index (χ4n) is 2.32. The zero-order valence-corrected chi connectivity index (χ0v) is 13.5. The summed E-state index contributed by atoms with van der Waals surface area (Å²) >= 11 is 1.48. The predicted molar refractivity (Wildman–Crippen MR) is 87.8 cm³/mol. The molecule has 0 amide bonds. The van der Waals surface area contributed by atoms with Gasteiger partial charge in [0.05, 0.1) is 13.7 Å². The number of hydrogen-bond acceptors (Lipinski definition) is 3. The number of ether oxygens (including phenoxy) is 1. The number of aromatic nitrogens is 1. The van der Waals surface area contributed by atoms with E-state index in [4.69, 9.17) is 11.3 Å². The minimum Gasteiger partial charge on any atom is -0.507 e. The first-order valence-corrected chi connectivity index (χ1v) is 7.67. The maximum atomic E-state index is 7.54. The second-order valence-corrected chi connectivity index (χ2v) is 5.61. The molecule has 0 atom stereocenters. The largest absolute Gasteiger partial charge is 0.507 e. The van der Waals surface area contributed by atoms with Gasteiger partial charge in [0.15, 0.2) is 0 Å². The van der Waals surface area contributed by atoms with Crippen molar-refractivity contribution in [3.05, 3.63) is 62.4 Å². The maximum Gasteiger partial charge on any atom is 0.263 e. The number of nitrogens with zero attached hydrogens (tertiary/aromatic N) is 2. The molecule has 3 nitrogen and oxygen atoms in total. The van der Waals surface area contributed by atoms with Gasteiger partial charge >= 0.3 is 0 Å². The van der Waals surface area contributed by atoms with Gasteiger partial charge in [0.2, 0.25) is 0 Å². The normalized spacial score (nSPS) is 11.8. The lowest BCUT2D eigenvalue weighted by atomic mass is 9.97. The molecule has 0 spiro atoms. The van der Waals surface area contributed by atoms with Gasteiger partial charge in [0.25, 0.3) is 5.70 Å². The average molecular weight is 298 g/mol. The third-order valence-electron chi connectivity index (χ3n) is 3.32. The number of benzene rings is 1. The van der Waals surface area contributed by atoms with Crippen molar-refractivity contribution in [1.29, 1.82) is 0 Å². The van der Waals surface area contributed by atoms with E-state index in [-0.39, 0.29) is 0 Å². The van der Waals surface area contributed by atoms with E-state index in [1.807, 2.05) is 31.4 Å². The fraction of sp³-hybridized carbons (Fsp3) is 0.294. The minimum atomic E-state index is 0.486.